The second kappa shape index (κ2) is 4.42. The highest BCUT2D eigenvalue weighted by Gasteiger charge is 2.18. The summed E-state index contributed by atoms with van der Waals surface area (Å²) in [5.74, 6) is 0. The lowest BCUT2D eigenvalue weighted by Gasteiger charge is -1.99. The molecule has 0 saturated heterocycles. The zero-order chi connectivity index (χ0) is 11.7. The van der Waals surface area contributed by atoms with Crippen molar-refractivity contribution in [2.45, 2.75) is 6.92 Å². The topological polar surface area (TPSA) is 68.9 Å². The smallest absolute Gasteiger partial charge is 0.258 e. The standard InChI is InChI=1S/C9H6IN3O2S/c1-5-2-3-7(13(14)15)6(4-5)8-11-12-9(10)16-8/h2-4H,1H3. The lowest BCUT2D eigenvalue weighted by atomic mass is 10.1. The molecule has 0 radical (unpaired) electrons. The van der Waals surface area contributed by atoms with Crippen molar-refractivity contribution in [3.8, 4) is 10.6 Å². The zero-order valence-electron chi connectivity index (χ0n) is 8.18. The van der Waals surface area contributed by atoms with Gasteiger partial charge in [-0.3, -0.25) is 10.1 Å². The third-order valence-corrected chi connectivity index (χ3v) is 3.60. The summed E-state index contributed by atoms with van der Waals surface area (Å²) in [6, 6.07) is 4.97. The molecule has 1 heterocycles. The third kappa shape index (κ3) is 2.19. The number of nitro benzene ring substituents is 1. The fourth-order valence-corrected chi connectivity index (χ4v) is 2.62. The maximum atomic E-state index is 10.9. The molecule has 0 unspecified atom stereocenters. The number of nitrogens with zero attached hydrogens (tertiary/aromatic N) is 3. The van der Waals surface area contributed by atoms with Gasteiger partial charge in [0.25, 0.3) is 5.69 Å². The molecule has 0 aliphatic rings. The molecule has 2 rings (SSSR count). The van der Waals surface area contributed by atoms with Crippen molar-refractivity contribution in [3.05, 3.63) is 36.9 Å². The van der Waals surface area contributed by atoms with E-state index < -0.39 is 4.92 Å². The van der Waals surface area contributed by atoms with Gasteiger partial charge in [-0.25, -0.2) is 0 Å². The van der Waals surface area contributed by atoms with Crippen molar-refractivity contribution in [3.63, 3.8) is 0 Å². The second-order valence-corrected chi connectivity index (χ2v) is 5.87. The summed E-state index contributed by atoms with van der Waals surface area (Å²) >= 11 is 3.38. The van der Waals surface area contributed by atoms with E-state index in [2.05, 4.69) is 10.2 Å². The van der Waals surface area contributed by atoms with Crippen LogP contribution < -0.4 is 0 Å². The average Bonchev–Trinajstić information content (AvgIpc) is 2.64. The fraction of sp³-hybridized carbons (Fsp3) is 0.111. The third-order valence-electron chi connectivity index (χ3n) is 1.98. The fourth-order valence-electron chi connectivity index (χ4n) is 1.29. The van der Waals surface area contributed by atoms with Crippen LogP contribution in [0, 0.1) is 20.1 Å². The molecule has 0 fully saturated rings. The molecule has 0 atom stereocenters. The summed E-state index contributed by atoms with van der Waals surface area (Å²) in [7, 11) is 0. The normalized spacial score (nSPS) is 10.4. The molecule has 0 aliphatic carbocycles. The van der Waals surface area contributed by atoms with E-state index in [0.717, 1.165) is 8.58 Å². The summed E-state index contributed by atoms with van der Waals surface area (Å²) in [6.45, 7) is 1.89. The Labute approximate surface area is 109 Å². The maximum Gasteiger partial charge on any atom is 0.279 e. The monoisotopic (exact) mass is 347 g/mol. The van der Waals surface area contributed by atoms with Crippen LogP contribution in [0.15, 0.2) is 18.2 Å². The number of aromatic nitrogens is 2. The molecule has 0 saturated carbocycles. The molecule has 1 aromatic carbocycles. The van der Waals surface area contributed by atoms with Crippen LogP contribution in [-0.4, -0.2) is 15.1 Å². The minimum absolute atomic E-state index is 0.0677. The Balaban J connectivity index is 2.62. The van der Waals surface area contributed by atoms with Crippen molar-refractivity contribution in [1.29, 1.82) is 0 Å². The minimum Gasteiger partial charge on any atom is -0.258 e. The highest BCUT2D eigenvalue weighted by atomic mass is 127. The highest BCUT2D eigenvalue weighted by Crippen LogP contribution is 2.32. The Morgan fingerprint density at radius 3 is 2.75 bits per heavy atom. The zero-order valence-corrected chi connectivity index (χ0v) is 11.2. The number of aryl methyl sites for hydroxylation is 1. The Bertz CT molecular complexity index is 555. The molecule has 5 nitrogen and oxygen atoms in total. The van der Waals surface area contributed by atoms with Gasteiger partial charge in [0.15, 0.2) is 8.02 Å². The molecular weight excluding hydrogens is 341 g/mol. The molecule has 16 heavy (non-hydrogen) atoms. The van der Waals surface area contributed by atoms with Gasteiger partial charge in [-0.1, -0.05) is 17.4 Å². The first-order valence-corrected chi connectivity index (χ1v) is 6.22. The summed E-state index contributed by atoms with van der Waals surface area (Å²) in [6.07, 6.45) is 0. The quantitative estimate of drug-likeness (QED) is 0.476. The predicted octanol–water partition coefficient (Wildman–Crippen LogP) is 3.03. The molecule has 7 heteroatoms. The predicted molar refractivity (Wildman–Crippen MR) is 69.5 cm³/mol. The van der Waals surface area contributed by atoms with E-state index in [4.69, 9.17) is 0 Å². The molecule has 0 N–H and O–H groups in total. The van der Waals surface area contributed by atoms with Gasteiger partial charge < -0.3 is 0 Å². The summed E-state index contributed by atoms with van der Waals surface area (Å²) in [5.41, 5.74) is 1.56. The number of halogens is 1. The first-order chi connectivity index (χ1) is 7.58. The van der Waals surface area contributed by atoms with Crippen LogP contribution in [0.2, 0.25) is 0 Å². The Morgan fingerprint density at radius 1 is 1.44 bits per heavy atom. The minimum atomic E-state index is -0.400. The van der Waals surface area contributed by atoms with Crippen LogP contribution in [0.4, 0.5) is 5.69 Å². The van der Waals surface area contributed by atoms with Gasteiger partial charge in [0.1, 0.15) is 0 Å². The van der Waals surface area contributed by atoms with Crippen molar-refractivity contribution >= 4 is 39.6 Å². The van der Waals surface area contributed by atoms with Crippen molar-refractivity contribution in [1.82, 2.24) is 10.2 Å². The molecule has 0 amide bonds. The Kier molecular flexibility index (Phi) is 3.15. The van der Waals surface area contributed by atoms with Gasteiger partial charge >= 0.3 is 0 Å². The lowest BCUT2D eigenvalue weighted by Crippen LogP contribution is -1.92. The van der Waals surface area contributed by atoms with Gasteiger partial charge in [-0.15, -0.1) is 10.2 Å². The summed E-state index contributed by atoms with van der Waals surface area (Å²) in [5, 5.41) is 19.2. The molecule has 0 spiro atoms. The molecule has 82 valence electrons. The van der Waals surface area contributed by atoms with Crippen molar-refractivity contribution in [2.75, 3.05) is 0 Å². The summed E-state index contributed by atoms with van der Waals surface area (Å²) < 4.78 is 0.767. The lowest BCUT2D eigenvalue weighted by molar-refractivity contribution is -0.384. The van der Waals surface area contributed by atoms with Crippen LogP contribution in [0.25, 0.3) is 10.6 Å². The van der Waals surface area contributed by atoms with E-state index in [0.29, 0.717) is 10.6 Å². The molecule has 0 bridgehead atoms. The van der Waals surface area contributed by atoms with Gasteiger partial charge in [0.2, 0.25) is 0 Å². The highest BCUT2D eigenvalue weighted by molar-refractivity contribution is 14.1. The number of nitro groups is 1. The number of hydrogen-bond acceptors (Lipinski definition) is 5. The average molecular weight is 347 g/mol. The molecule has 0 aliphatic heterocycles. The van der Waals surface area contributed by atoms with E-state index in [1.807, 2.05) is 29.5 Å². The molecule has 1 aromatic heterocycles. The second-order valence-electron chi connectivity index (χ2n) is 3.14. The number of benzene rings is 1. The largest absolute Gasteiger partial charge is 0.279 e. The molecule has 2 aromatic rings. The van der Waals surface area contributed by atoms with Crippen LogP contribution in [0.5, 0.6) is 0 Å². The van der Waals surface area contributed by atoms with Gasteiger partial charge in [0.05, 0.1) is 10.5 Å². The van der Waals surface area contributed by atoms with E-state index in [1.54, 1.807) is 12.1 Å². The Hall–Kier alpha value is -1.09. The Morgan fingerprint density at radius 2 is 2.19 bits per heavy atom. The first-order valence-electron chi connectivity index (χ1n) is 4.32. The summed E-state index contributed by atoms with van der Waals surface area (Å²) in [4.78, 5) is 10.5. The number of rotatable bonds is 2. The van der Waals surface area contributed by atoms with Crippen LogP contribution in [0.1, 0.15) is 5.56 Å². The van der Waals surface area contributed by atoms with Gasteiger partial charge in [0, 0.05) is 6.07 Å². The van der Waals surface area contributed by atoms with E-state index >= 15 is 0 Å². The van der Waals surface area contributed by atoms with E-state index in [9.17, 15) is 10.1 Å². The van der Waals surface area contributed by atoms with Crippen molar-refractivity contribution < 1.29 is 4.92 Å². The number of hydrogen-bond donors (Lipinski definition) is 0. The molecular formula is C9H6IN3O2S. The van der Waals surface area contributed by atoms with Crippen molar-refractivity contribution in [2.24, 2.45) is 0 Å². The van der Waals surface area contributed by atoms with Gasteiger partial charge in [-0.2, -0.15) is 0 Å². The maximum absolute atomic E-state index is 10.9. The van der Waals surface area contributed by atoms with Crippen LogP contribution in [0.3, 0.4) is 0 Å². The van der Waals surface area contributed by atoms with Crippen LogP contribution in [-0.2, 0) is 0 Å². The van der Waals surface area contributed by atoms with E-state index in [1.165, 1.54) is 17.4 Å². The van der Waals surface area contributed by atoms with E-state index in [-0.39, 0.29) is 5.69 Å². The van der Waals surface area contributed by atoms with Gasteiger partial charge in [-0.05, 0) is 41.1 Å². The SMILES string of the molecule is Cc1ccc([N+](=O)[O-])c(-c2nnc(I)s2)c1. The van der Waals surface area contributed by atoms with Crippen LogP contribution >= 0.6 is 33.9 Å². The first kappa shape index (κ1) is 11.4.